The molecule has 0 spiro atoms. The number of nitrogens with one attached hydrogen (secondary N) is 1. The first kappa shape index (κ1) is 19.7. The third kappa shape index (κ3) is 5.24. The van der Waals surface area contributed by atoms with Crippen molar-refractivity contribution in [3.63, 3.8) is 0 Å². The first-order valence-electron chi connectivity index (χ1n) is 9.93. The summed E-state index contributed by atoms with van der Waals surface area (Å²) in [5, 5.41) is 3.19. The molecule has 2 saturated heterocycles. The topological polar surface area (TPSA) is 35.6 Å². The Bertz CT molecular complexity index is 607. The molecule has 0 aromatic heterocycles. The Kier molecular flexibility index (Phi) is 7.01. The number of carbonyl (C=O) groups is 1. The molecule has 2 fully saturated rings. The Morgan fingerprint density at radius 1 is 1.19 bits per heavy atom. The summed E-state index contributed by atoms with van der Waals surface area (Å²) in [4.78, 5) is 17.5. The predicted octanol–water partition coefficient (Wildman–Crippen LogP) is 2.99. The zero-order valence-corrected chi connectivity index (χ0v) is 17.3. The van der Waals surface area contributed by atoms with Crippen LogP contribution in [0, 0.1) is 13.8 Å². The second kappa shape index (κ2) is 9.25. The van der Waals surface area contributed by atoms with Crippen molar-refractivity contribution in [1.82, 2.24) is 15.1 Å². The average molecular weight is 376 g/mol. The van der Waals surface area contributed by atoms with Crippen LogP contribution in [0.4, 0.5) is 0 Å². The number of hydrogen-bond donors (Lipinski definition) is 1. The number of benzene rings is 1. The van der Waals surface area contributed by atoms with Crippen LogP contribution in [0.25, 0.3) is 0 Å². The van der Waals surface area contributed by atoms with Crippen molar-refractivity contribution in [1.29, 1.82) is 0 Å². The fourth-order valence-corrected chi connectivity index (χ4v) is 5.21. The molecule has 0 radical (unpaired) electrons. The highest BCUT2D eigenvalue weighted by atomic mass is 32.2. The molecule has 0 saturated carbocycles. The Morgan fingerprint density at radius 3 is 2.58 bits per heavy atom. The maximum atomic E-state index is 12.5. The molecule has 2 heterocycles. The van der Waals surface area contributed by atoms with Crippen LogP contribution < -0.4 is 5.32 Å². The first-order chi connectivity index (χ1) is 12.5. The number of amides is 1. The first-order valence-corrected chi connectivity index (χ1v) is 11.1. The van der Waals surface area contributed by atoms with Gasteiger partial charge in [0.25, 0.3) is 0 Å². The molecular formula is C21H33N3OS. The summed E-state index contributed by atoms with van der Waals surface area (Å²) in [6.45, 7) is 11.0. The van der Waals surface area contributed by atoms with Gasteiger partial charge in [0.2, 0.25) is 5.91 Å². The summed E-state index contributed by atoms with van der Waals surface area (Å²) in [7, 11) is 0. The van der Waals surface area contributed by atoms with E-state index in [9.17, 15) is 4.79 Å². The number of carbonyl (C=O) groups excluding carboxylic acids is 1. The Labute approximate surface area is 162 Å². The SMILES string of the molecule is Cc1ccc(C)c([C@H](C)NC(=O)CN2CCN(C3CCSCC3)CC2)c1. The Balaban J connectivity index is 1.44. The predicted molar refractivity (Wildman–Crippen MR) is 111 cm³/mol. The van der Waals surface area contributed by atoms with Gasteiger partial charge in [-0.25, -0.2) is 0 Å². The molecule has 1 aromatic carbocycles. The van der Waals surface area contributed by atoms with Gasteiger partial charge in [0.05, 0.1) is 12.6 Å². The second-order valence-corrected chi connectivity index (χ2v) is 9.03. The van der Waals surface area contributed by atoms with Crippen LogP contribution in [0.15, 0.2) is 18.2 Å². The van der Waals surface area contributed by atoms with Crippen molar-refractivity contribution in [2.75, 3.05) is 44.2 Å². The molecule has 1 aromatic rings. The summed E-state index contributed by atoms with van der Waals surface area (Å²) >= 11 is 2.09. The monoisotopic (exact) mass is 375 g/mol. The number of nitrogens with zero attached hydrogens (tertiary/aromatic N) is 2. The van der Waals surface area contributed by atoms with Crippen LogP contribution >= 0.6 is 11.8 Å². The zero-order chi connectivity index (χ0) is 18.5. The van der Waals surface area contributed by atoms with E-state index >= 15 is 0 Å². The fourth-order valence-electron chi connectivity index (χ4n) is 4.13. The van der Waals surface area contributed by atoms with E-state index in [4.69, 9.17) is 0 Å². The van der Waals surface area contributed by atoms with Gasteiger partial charge in [-0.15, -0.1) is 0 Å². The number of thioether (sulfide) groups is 1. The largest absolute Gasteiger partial charge is 0.348 e. The molecule has 1 N–H and O–H groups in total. The lowest BCUT2D eigenvalue weighted by molar-refractivity contribution is -0.123. The minimum atomic E-state index is 0.0587. The molecule has 0 unspecified atom stereocenters. The molecular weight excluding hydrogens is 342 g/mol. The summed E-state index contributed by atoms with van der Waals surface area (Å²) < 4.78 is 0. The number of aryl methyl sites for hydroxylation is 2. The minimum absolute atomic E-state index is 0.0587. The summed E-state index contributed by atoms with van der Waals surface area (Å²) in [5.74, 6) is 2.76. The molecule has 3 rings (SSSR count). The molecule has 2 aliphatic heterocycles. The summed E-state index contributed by atoms with van der Waals surface area (Å²) in [5.41, 5.74) is 3.70. The Morgan fingerprint density at radius 2 is 1.88 bits per heavy atom. The molecule has 1 amide bonds. The maximum absolute atomic E-state index is 12.5. The van der Waals surface area contributed by atoms with Gasteiger partial charge in [-0.2, -0.15) is 11.8 Å². The van der Waals surface area contributed by atoms with Crippen molar-refractivity contribution in [2.45, 2.75) is 45.7 Å². The van der Waals surface area contributed by atoms with Gasteiger partial charge in [0.1, 0.15) is 0 Å². The minimum Gasteiger partial charge on any atom is -0.348 e. The standard InChI is InChI=1S/C21H33N3OS/c1-16-4-5-17(2)20(14-16)18(3)22-21(25)15-23-8-10-24(11-9-23)19-6-12-26-13-7-19/h4-5,14,18-19H,6-13,15H2,1-3H3,(H,22,25)/t18-/m0/s1. The van der Waals surface area contributed by atoms with Gasteiger partial charge in [0, 0.05) is 32.2 Å². The van der Waals surface area contributed by atoms with Crippen molar-refractivity contribution >= 4 is 17.7 Å². The van der Waals surface area contributed by atoms with E-state index in [-0.39, 0.29) is 11.9 Å². The second-order valence-electron chi connectivity index (χ2n) is 7.80. The van der Waals surface area contributed by atoms with Crippen LogP contribution in [0.1, 0.15) is 42.5 Å². The number of piperazine rings is 1. The number of hydrogen-bond acceptors (Lipinski definition) is 4. The van der Waals surface area contributed by atoms with E-state index in [0.29, 0.717) is 6.54 Å². The van der Waals surface area contributed by atoms with E-state index in [0.717, 1.165) is 32.2 Å². The van der Waals surface area contributed by atoms with Gasteiger partial charge in [0.15, 0.2) is 0 Å². The number of rotatable bonds is 5. The molecule has 4 nitrogen and oxygen atoms in total. The van der Waals surface area contributed by atoms with Crippen LogP contribution in [0.5, 0.6) is 0 Å². The fraction of sp³-hybridized carbons (Fsp3) is 0.667. The molecule has 26 heavy (non-hydrogen) atoms. The van der Waals surface area contributed by atoms with Crippen molar-refractivity contribution in [3.05, 3.63) is 34.9 Å². The van der Waals surface area contributed by atoms with Crippen molar-refractivity contribution in [2.24, 2.45) is 0 Å². The highest BCUT2D eigenvalue weighted by Gasteiger charge is 2.26. The van der Waals surface area contributed by atoms with E-state index < -0.39 is 0 Å². The highest BCUT2D eigenvalue weighted by molar-refractivity contribution is 7.99. The normalized spacial score (nSPS) is 21.5. The molecule has 0 bridgehead atoms. The zero-order valence-electron chi connectivity index (χ0n) is 16.5. The van der Waals surface area contributed by atoms with Crippen molar-refractivity contribution < 1.29 is 4.79 Å². The third-order valence-corrected chi connectivity index (χ3v) is 6.81. The highest BCUT2D eigenvalue weighted by Crippen LogP contribution is 2.23. The van der Waals surface area contributed by atoms with Gasteiger partial charge in [-0.05, 0) is 56.2 Å². The van der Waals surface area contributed by atoms with Crippen molar-refractivity contribution in [3.8, 4) is 0 Å². The van der Waals surface area contributed by atoms with E-state index in [2.05, 4.69) is 65.8 Å². The van der Waals surface area contributed by atoms with Gasteiger partial charge >= 0.3 is 0 Å². The van der Waals surface area contributed by atoms with Gasteiger partial charge < -0.3 is 5.32 Å². The third-order valence-electron chi connectivity index (χ3n) is 5.76. The maximum Gasteiger partial charge on any atom is 0.234 e. The van der Waals surface area contributed by atoms with E-state index in [1.54, 1.807) is 0 Å². The average Bonchev–Trinajstić information content (AvgIpc) is 2.65. The summed E-state index contributed by atoms with van der Waals surface area (Å²) in [6.07, 6.45) is 2.66. The molecule has 5 heteroatoms. The summed E-state index contributed by atoms with van der Waals surface area (Å²) in [6, 6.07) is 7.27. The Hall–Kier alpha value is -1.04. The lowest BCUT2D eigenvalue weighted by Crippen LogP contribution is -2.53. The quantitative estimate of drug-likeness (QED) is 0.858. The van der Waals surface area contributed by atoms with Crippen LogP contribution in [0.3, 0.4) is 0 Å². The van der Waals surface area contributed by atoms with Crippen LogP contribution in [-0.2, 0) is 4.79 Å². The molecule has 144 valence electrons. The van der Waals surface area contributed by atoms with Gasteiger partial charge in [-0.1, -0.05) is 23.8 Å². The lowest BCUT2D eigenvalue weighted by atomic mass is 10.00. The lowest BCUT2D eigenvalue weighted by Gasteiger charge is -2.40. The molecule has 2 aliphatic rings. The van der Waals surface area contributed by atoms with Crippen LogP contribution in [0.2, 0.25) is 0 Å². The van der Waals surface area contributed by atoms with Crippen LogP contribution in [-0.4, -0.2) is 66.0 Å². The van der Waals surface area contributed by atoms with E-state index in [1.165, 1.54) is 41.0 Å². The smallest absolute Gasteiger partial charge is 0.234 e. The molecule has 1 atom stereocenters. The molecule has 0 aliphatic carbocycles. The van der Waals surface area contributed by atoms with Gasteiger partial charge in [-0.3, -0.25) is 14.6 Å². The van der Waals surface area contributed by atoms with E-state index in [1.807, 2.05) is 0 Å².